The molecule has 1 aliphatic heterocycles. The van der Waals surface area contributed by atoms with Crippen molar-refractivity contribution < 1.29 is 27.9 Å². The molecule has 1 amide bonds. The molecule has 0 aromatic carbocycles. The molecular formula is C15H15F3N2O3S. The van der Waals surface area contributed by atoms with Crippen molar-refractivity contribution in [2.24, 2.45) is 11.3 Å². The molecule has 1 unspecified atom stereocenters. The molecule has 1 saturated heterocycles. The zero-order valence-electron chi connectivity index (χ0n) is 12.5. The summed E-state index contributed by atoms with van der Waals surface area (Å²) in [5.74, 6) is -1.66. The second-order valence-corrected chi connectivity index (χ2v) is 7.21. The molecule has 0 bridgehead atoms. The number of nitrogens with zero attached hydrogens (tertiary/aromatic N) is 2. The van der Waals surface area contributed by atoms with Crippen LogP contribution in [0.1, 0.15) is 29.6 Å². The van der Waals surface area contributed by atoms with Gasteiger partial charge in [-0.05, 0) is 36.8 Å². The van der Waals surface area contributed by atoms with Gasteiger partial charge in [-0.2, -0.15) is 13.2 Å². The topological polar surface area (TPSA) is 70.5 Å². The van der Waals surface area contributed by atoms with Gasteiger partial charge >= 0.3 is 11.5 Å². The molecule has 9 heteroatoms. The van der Waals surface area contributed by atoms with E-state index < -0.39 is 29.1 Å². The molecule has 2 aliphatic rings. The maximum absolute atomic E-state index is 12.6. The first-order valence-electron chi connectivity index (χ1n) is 7.45. The number of likely N-dealkylation sites (tertiary alicyclic amines) is 1. The van der Waals surface area contributed by atoms with Crippen LogP contribution in [0.15, 0.2) is 23.4 Å². The number of carboxylic acid groups (broad SMARTS) is 1. The number of carbonyl (C=O) groups excluding carboxylic acids is 1. The smallest absolute Gasteiger partial charge is 0.447 e. The van der Waals surface area contributed by atoms with Crippen LogP contribution in [0, 0.1) is 11.3 Å². The number of hydrogen-bond acceptors (Lipinski definition) is 4. The maximum atomic E-state index is 12.6. The Labute approximate surface area is 140 Å². The molecule has 1 N–H and O–H groups in total. The molecule has 1 spiro atoms. The van der Waals surface area contributed by atoms with Gasteiger partial charge in [-0.25, -0.2) is 4.98 Å². The van der Waals surface area contributed by atoms with Crippen molar-refractivity contribution in [2.45, 2.75) is 29.8 Å². The summed E-state index contributed by atoms with van der Waals surface area (Å²) in [7, 11) is 0. The van der Waals surface area contributed by atoms with E-state index in [0.29, 0.717) is 32.4 Å². The molecule has 5 nitrogen and oxygen atoms in total. The fourth-order valence-electron chi connectivity index (χ4n) is 3.32. The molecule has 1 aliphatic carbocycles. The summed E-state index contributed by atoms with van der Waals surface area (Å²) < 4.78 is 37.8. The van der Waals surface area contributed by atoms with Crippen molar-refractivity contribution in [2.75, 3.05) is 13.1 Å². The largest absolute Gasteiger partial charge is 0.481 e. The van der Waals surface area contributed by atoms with Crippen LogP contribution in [-0.2, 0) is 4.79 Å². The van der Waals surface area contributed by atoms with Crippen molar-refractivity contribution in [1.82, 2.24) is 9.88 Å². The first kappa shape index (κ1) is 17.1. The summed E-state index contributed by atoms with van der Waals surface area (Å²) in [5.41, 5.74) is -4.82. The lowest BCUT2D eigenvalue weighted by Crippen LogP contribution is -2.40. The number of aromatic nitrogens is 1. The number of carboxylic acids is 1. The Balaban J connectivity index is 1.69. The Kier molecular flexibility index (Phi) is 4.23. The fourth-order valence-corrected chi connectivity index (χ4v) is 3.92. The van der Waals surface area contributed by atoms with Crippen LogP contribution in [0.4, 0.5) is 13.2 Å². The van der Waals surface area contributed by atoms with E-state index in [0.717, 1.165) is 0 Å². The van der Waals surface area contributed by atoms with Crippen molar-refractivity contribution >= 4 is 23.6 Å². The van der Waals surface area contributed by atoms with Gasteiger partial charge in [0.2, 0.25) is 0 Å². The van der Waals surface area contributed by atoms with Crippen LogP contribution in [0.2, 0.25) is 0 Å². The lowest BCUT2D eigenvalue weighted by Gasteiger charge is -2.33. The number of aliphatic carboxylic acids is 1. The molecule has 1 aromatic rings. The number of alkyl halides is 3. The van der Waals surface area contributed by atoms with Crippen LogP contribution in [0.5, 0.6) is 0 Å². The molecule has 2 heterocycles. The van der Waals surface area contributed by atoms with E-state index in [-0.39, 0.29) is 21.9 Å². The molecule has 0 radical (unpaired) electrons. The van der Waals surface area contributed by atoms with E-state index in [1.165, 1.54) is 23.2 Å². The molecule has 1 atom stereocenters. The van der Waals surface area contributed by atoms with E-state index in [4.69, 9.17) is 5.11 Å². The average Bonchev–Trinajstić information content (AvgIpc) is 3.20. The van der Waals surface area contributed by atoms with Crippen molar-refractivity contribution in [3.8, 4) is 0 Å². The number of thioether (sulfide) groups is 1. The number of rotatable bonds is 3. The highest BCUT2D eigenvalue weighted by molar-refractivity contribution is 8.00. The first-order chi connectivity index (χ1) is 11.2. The van der Waals surface area contributed by atoms with Crippen LogP contribution in [0.25, 0.3) is 0 Å². The van der Waals surface area contributed by atoms with Gasteiger partial charge in [0.05, 0.1) is 11.5 Å². The van der Waals surface area contributed by atoms with Gasteiger partial charge in [0.1, 0.15) is 5.03 Å². The molecule has 1 aromatic heterocycles. The fraction of sp³-hybridized carbons (Fsp3) is 0.533. The Morgan fingerprint density at radius 3 is 2.54 bits per heavy atom. The molecule has 1 saturated carbocycles. The third kappa shape index (κ3) is 3.35. The Morgan fingerprint density at radius 2 is 2.00 bits per heavy atom. The number of halogens is 3. The summed E-state index contributed by atoms with van der Waals surface area (Å²) in [4.78, 5) is 28.8. The molecule has 130 valence electrons. The van der Waals surface area contributed by atoms with Gasteiger partial charge < -0.3 is 10.0 Å². The minimum absolute atomic E-state index is 0.0682. The quantitative estimate of drug-likeness (QED) is 0.839. The highest BCUT2D eigenvalue weighted by Gasteiger charge is 2.59. The lowest BCUT2D eigenvalue weighted by atomic mass is 9.90. The standard InChI is InChI=1S/C15H15F3N2O3S/c16-15(17,18)24-11-9(2-1-5-19-11)12(21)20-6-3-14(4-7-20)8-10(14)13(22)23/h1-2,5,10H,3-4,6-8H2,(H,22,23). The highest BCUT2D eigenvalue weighted by Crippen LogP contribution is 2.59. The van der Waals surface area contributed by atoms with E-state index in [9.17, 15) is 22.8 Å². The molecule has 24 heavy (non-hydrogen) atoms. The predicted molar refractivity (Wildman–Crippen MR) is 79.5 cm³/mol. The zero-order valence-corrected chi connectivity index (χ0v) is 13.4. The summed E-state index contributed by atoms with van der Waals surface area (Å²) in [5, 5.41) is 8.71. The summed E-state index contributed by atoms with van der Waals surface area (Å²) >= 11 is -0.400. The van der Waals surface area contributed by atoms with E-state index in [2.05, 4.69) is 4.98 Å². The Hall–Kier alpha value is -1.77. The SMILES string of the molecule is O=C(O)C1CC12CCN(C(=O)c1cccnc1SC(F)(F)F)CC2. The van der Waals surface area contributed by atoms with E-state index in [1.807, 2.05) is 0 Å². The van der Waals surface area contributed by atoms with Crippen LogP contribution in [-0.4, -0.2) is 45.5 Å². The minimum atomic E-state index is -4.52. The molecule has 3 rings (SSSR count). The van der Waals surface area contributed by atoms with Gasteiger partial charge in [-0.1, -0.05) is 0 Å². The van der Waals surface area contributed by atoms with Gasteiger partial charge in [-0.15, -0.1) is 0 Å². The van der Waals surface area contributed by atoms with Gasteiger partial charge in [0.15, 0.2) is 0 Å². The number of piperidine rings is 1. The third-order valence-corrected chi connectivity index (χ3v) is 5.50. The summed E-state index contributed by atoms with van der Waals surface area (Å²) in [6.07, 6.45) is 2.97. The number of pyridine rings is 1. The normalized spacial score (nSPS) is 22.5. The third-order valence-electron chi connectivity index (χ3n) is 4.75. The second-order valence-electron chi connectivity index (χ2n) is 6.15. The number of hydrogen-bond donors (Lipinski definition) is 1. The average molecular weight is 360 g/mol. The van der Waals surface area contributed by atoms with Gasteiger partial charge in [0, 0.05) is 31.0 Å². The monoisotopic (exact) mass is 360 g/mol. The lowest BCUT2D eigenvalue weighted by molar-refractivity contribution is -0.139. The Bertz CT molecular complexity index is 672. The van der Waals surface area contributed by atoms with Crippen molar-refractivity contribution in [3.05, 3.63) is 23.9 Å². The van der Waals surface area contributed by atoms with E-state index in [1.54, 1.807) is 0 Å². The van der Waals surface area contributed by atoms with Crippen molar-refractivity contribution in [3.63, 3.8) is 0 Å². The predicted octanol–water partition coefficient (Wildman–Crippen LogP) is 3.02. The molecular weight excluding hydrogens is 345 g/mol. The van der Waals surface area contributed by atoms with E-state index >= 15 is 0 Å². The Morgan fingerprint density at radius 1 is 1.33 bits per heavy atom. The first-order valence-corrected chi connectivity index (χ1v) is 8.26. The summed E-state index contributed by atoms with van der Waals surface area (Å²) in [6.45, 7) is 0.710. The minimum Gasteiger partial charge on any atom is -0.481 e. The van der Waals surface area contributed by atoms with Gasteiger partial charge in [-0.3, -0.25) is 9.59 Å². The number of amides is 1. The number of carbonyl (C=O) groups is 2. The maximum Gasteiger partial charge on any atom is 0.447 e. The van der Waals surface area contributed by atoms with Crippen molar-refractivity contribution in [1.29, 1.82) is 0 Å². The second kappa shape index (κ2) is 5.94. The van der Waals surface area contributed by atoms with Crippen LogP contribution >= 0.6 is 11.8 Å². The molecule has 2 fully saturated rings. The van der Waals surface area contributed by atoms with Crippen LogP contribution in [0.3, 0.4) is 0 Å². The zero-order chi connectivity index (χ0) is 17.5. The van der Waals surface area contributed by atoms with Crippen LogP contribution < -0.4 is 0 Å². The van der Waals surface area contributed by atoms with Gasteiger partial charge in [0.25, 0.3) is 5.91 Å². The highest BCUT2D eigenvalue weighted by atomic mass is 32.2. The summed E-state index contributed by atoms with van der Waals surface area (Å²) in [6, 6.07) is 2.77.